The summed E-state index contributed by atoms with van der Waals surface area (Å²) in [6, 6.07) is 29.9. The maximum Gasteiger partial charge on any atom is 0.241 e. The minimum absolute atomic E-state index is 0.0260. The summed E-state index contributed by atoms with van der Waals surface area (Å²) in [7, 11) is -8.15. The van der Waals surface area contributed by atoms with E-state index in [9.17, 15) is 30.8 Å². The van der Waals surface area contributed by atoms with Crippen LogP contribution in [-0.2, 0) is 47.2 Å². The van der Waals surface area contributed by atoms with Crippen LogP contribution in [0.5, 0.6) is 17.2 Å². The number of hydrogen-bond acceptors (Lipinski definition) is 9. The molecule has 0 aliphatic carbocycles. The molecule has 0 spiro atoms. The maximum atomic E-state index is 13.7. The molecule has 0 aromatic heterocycles. The van der Waals surface area contributed by atoms with E-state index in [1.807, 2.05) is 30.3 Å². The highest BCUT2D eigenvalue weighted by Gasteiger charge is 2.25. The van der Waals surface area contributed by atoms with Gasteiger partial charge in [0, 0.05) is 16.4 Å². The summed E-state index contributed by atoms with van der Waals surface area (Å²) >= 11 is 5.90. The lowest BCUT2D eigenvalue weighted by Crippen LogP contribution is -2.39. The third-order valence-electron chi connectivity index (χ3n) is 7.51. The molecular weight excluding hydrogens is 763 g/mol. The van der Waals surface area contributed by atoms with Crippen molar-refractivity contribution in [2.45, 2.75) is 28.7 Å². The number of nitrogens with one attached hydrogen (secondary N) is 2. The van der Waals surface area contributed by atoms with Gasteiger partial charge in [-0.3, -0.25) is 9.59 Å². The maximum absolute atomic E-state index is 13.7. The first-order chi connectivity index (χ1) is 25.6. The predicted molar refractivity (Wildman–Crippen MR) is 200 cm³/mol. The number of carbonyl (C=O) groups is 2. The average Bonchev–Trinajstić information content (AvgIpc) is 3.08. The van der Waals surface area contributed by atoms with Gasteiger partial charge in [-0.2, -0.15) is 0 Å². The molecule has 13 nitrogen and oxygen atoms in total. The number of halogens is 2. The van der Waals surface area contributed by atoms with Crippen LogP contribution in [0.1, 0.15) is 11.1 Å². The third kappa shape index (κ3) is 11.6. The summed E-state index contributed by atoms with van der Waals surface area (Å²) in [5.74, 6) is -0.831. The number of nitrogens with two attached hydrogens (primary N) is 2. The van der Waals surface area contributed by atoms with Gasteiger partial charge in [0.2, 0.25) is 31.9 Å². The number of benzene rings is 5. The first kappa shape index (κ1) is 39.8. The second kappa shape index (κ2) is 17.6. The zero-order valence-electron chi connectivity index (χ0n) is 28.3. The molecule has 5 aromatic rings. The van der Waals surface area contributed by atoms with Gasteiger partial charge < -0.3 is 24.8 Å². The summed E-state index contributed by atoms with van der Waals surface area (Å²) in [6.07, 6.45) is -0.222. The number of rotatable bonds is 12. The van der Waals surface area contributed by atoms with Gasteiger partial charge in [0.15, 0.2) is 0 Å². The number of sulfonamides is 2. The Labute approximate surface area is 316 Å². The highest BCUT2D eigenvalue weighted by molar-refractivity contribution is 7.89. The van der Waals surface area contributed by atoms with Gasteiger partial charge in [-0.15, -0.1) is 0 Å². The fourth-order valence-electron chi connectivity index (χ4n) is 4.92. The summed E-state index contributed by atoms with van der Waals surface area (Å²) in [5, 5.41) is 16.2. The molecule has 1 aliphatic rings. The molecule has 1 heterocycles. The molecule has 2 amide bonds. The monoisotopic (exact) mass is 796 g/mol. The fraction of sp³-hybridized carbons (Fsp3) is 0.135. The molecule has 0 bridgehead atoms. The number of amides is 2. The molecule has 54 heavy (non-hydrogen) atoms. The third-order valence-corrected chi connectivity index (χ3v) is 9.61. The first-order valence-electron chi connectivity index (χ1n) is 16.0. The number of ether oxygens (including phenoxy) is 3. The van der Waals surface area contributed by atoms with Gasteiger partial charge in [0.05, 0.1) is 26.1 Å². The highest BCUT2D eigenvalue weighted by atomic mass is 35.5. The molecule has 6 N–H and O–H groups in total. The molecule has 1 aliphatic heterocycles. The normalized spacial score (nSPS) is 12.7. The van der Waals surface area contributed by atoms with E-state index in [0.717, 1.165) is 5.56 Å². The summed E-state index contributed by atoms with van der Waals surface area (Å²) in [6.45, 7) is 0.805. The van der Waals surface area contributed by atoms with Crippen LogP contribution in [0, 0.1) is 5.82 Å². The Bertz CT molecular complexity index is 2360. The minimum Gasteiger partial charge on any atom is -0.484 e. The Hall–Kier alpha value is -5.36. The minimum atomic E-state index is -4.16. The van der Waals surface area contributed by atoms with Crippen molar-refractivity contribution in [1.82, 2.24) is 0 Å². The smallest absolute Gasteiger partial charge is 0.241 e. The molecule has 0 unspecified atom stereocenters. The zero-order chi connectivity index (χ0) is 38.9. The van der Waals surface area contributed by atoms with Crippen LogP contribution >= 0.6 is 11.6 Å². The molecule has 0 atom stereocenters. The summed E-state index contributed by atoms with van der Waals surface area (Å²) < 4.78 is 77.5. The van der Waals surface area contributed by atoms with Crippen molar-refractivity contribution in [1.29, 1.82) is 0 Å². The number of hydrogen-bond donors (Lipinski definition) is 4. The first-order valence-corrected chi connectivity index (χ1v) is 19.5. The zero-order valence-corrected chi connectivity index (χ0v) is 30.7. The Morgan fingerprint density at radius 1 is 0.722 bits per heavy atom. The molecule has 1 saturated heterocycles. The average molecular weight is 797 g/mol. The molecule has 5 aromatic carbocycles. The summed E-state index contributed by atoms with van der Waals surface area (Å²) in [5.41, 5.74) is 1.59. The van der Waals surface area contributed by atoms with Crippen molar-refractivity contribution in [3.63, 3.8) is 0 Å². The largest absolute Gasteiger partial charge is 0.484 e. The van der Waals surface area contributed by atoms with E-state index in [1.54, 1.807) is 30.3 Å². The van der Waals surface area contributed by atoms with Gasteiger partial charge in [-0.25, -0.2) is 31.5 Å². The molecular formula is C37H34ClFN4O9S2. The van der Waals surface area contributed by atoms with E-state index in [4.69, 9.17) is 36.1 Å². The van der Waals surface area contributed by atoms with E-state index in [2.05, 4.69) is 10.6 Å². The van der Waals surface area contributed by atoms with Crippen molar-refractivity contribution in [2.75, 3.05) is 23.8 Å². The van der Waals surface area contributed by atoms with E-state index in [1.165, 1.54) is 54.6 Å². The standard InChI is InChI=1S/C20H16ClFN2O4S.C17H18N2O5S/c21-14-5-3-6-16(11-14)28-18-9-8-15(12-19(18)29(23,26)27)24-20(25)10-13-4-1-2-7-17(13)22;18-25(21,22)16-9-13(6-7-15(16)24-14-10-23-11-14)19-17(20)8-12-4-2-1-3-5-12/h1-9,11-12H,10H2,(H,24,25)(H2,23,26,27);1-7,9,14H,8,10-11H2,(H,19,20)(H2,18,21,22). The number of primary sulfonamides is 2. The fourth-order valence-corrected chi connectivity index (χ4v) is 6.47. The number of carbonyl (C=O) groups excluding carboxylic acids is 2. The van der Waals surface area contributed by atoms with Crippen molar-refractivity contribution in [3.8, 4) is 17.2 Å². The topological polar surface area (TPSA) is 206 Å². The Morgan fingerprint density at radius 2 is 1.30 bits per heavy atom. The Balaban J connectivity index is 0.000000210. The van der Waals surface area contributed by atoms with Crippen LogP contribution in [0.25, 0.3) is 0 Å². The predicted octanol–water partition coefficient (Wildman–Crippen LogP) is 5.39. The Morgan fingerprint density at radius 3 is 1.87 bits per heavy atom. The molecule has 17 heteroatoms. The molecule has 282 valence electrons. The van der Waals surface area contributed by atoms with E-state index >= 15 is 0 Å². The lowest BCUT2D eigenvalue weighted by atomic mass is 10.1. The van der Waals surface area contributed by atoms with Crippen LogP contribution in [0.4, 0.5) is 15.8 Å². The van der Waals surface area contributed by atoms with Gasteiger partial charge in [-0.1, -0.05) is 66.2 Å². The highest BCUT2D eigenvalue weighted by Crippen LogP contribution is 2.32. The van der Waals surface area contributed by atoms with Gasteiger partial charge in [0.1, 0.15) is 39.0 Å². The van der Waals surface area contributed by atoms with E-state index in [0.29, 0.717) is 29.7 Å². The van der Waals surface area contributed by atoms with Crippen molar-refractivity contribution in [2.24, 2.45) is 10.3 Å². The van der Waals surface area contributed by atoms with Crippen molar-refractivity contribution in [3.05, 3.63) is 137 Å². The van der Waals surface area contributed by atoms with Gasteiger partial charge in [-0.05, 0) is 71.8 Å². The SMILES string of the molecule is NS(=O)(=O)c1cc(NC(=O)Cc2ccccc2)ccc1OC1COC1.NS(=O)(=O)c1cc(NC(=O)Cc2ccccc2F)ccc1Oc1cccc(Cl)c1. The van der Waals surface area contributed by atoms with E-state index < -0.39 is 31.8 Å². The summed E-state index contributed by atoms with van der Waals surface area (Å²) in [4.78, 5) is 23.8. The molecule has 1 fully saturated rings. The van der Waals surface area contributed by atoms with Crippen LogP contribution < -0.4 is 30.4 Å². The lowest BCUT2D eigenvalue weighted by molar-refractivity contribution is -0.116. The molecule has 6 rings (SSSR count). The quantitative estimate of drug-likeness (QED) is 0.128. The van der Waals surface area contributed by atoms with E-state index in [-0.39, 0.29) is 57.4 Å². The number of anilines is 2. The second-order valence-corrected chi connectivity index (χ2v) is 15.3. The molecule has 0 saturated carbocycles. The lowest BCUT2D eigenvalue weighted by Gasteiger charge is -2.27. The van der Waals surface area contributed by atoms with Gasteiger partial charge >= 0.3 is 0 Å². The van der Waals surface area contributed by atoms with Crippen molar-refractivity contribution < 1.29 is 45.0 Å². The van der Waals surface area contributed by atoms with Crippen LogP contribution in [-0.4, -0.2) is 48.0 Å². The molecule has 0 radical (unpaired) electrons. The van der Waals surface area contributed by atoms with Crippen molar-refractivity contribution >= 4 is 54.8 Å². The Kier molecular flexibility index (Phi) is 13.0. The van der Waals surface area contributed by atoms with Crippen LogP contribution in [0.2, 0.25) is 5.02 Å². The van der Waals surface area contributed by atoms with Crippen LogP contribution in [0.3, 0.4) is 0 Å². The second-order valence-electron chi connectivity index (χ2n) is 11.8. The van der Waals surface area contributed by atoms with Crippen LogP contribution in [0.15, 0.2) is 125 Å². The van der Waals surface area contributed by atoms with Gasteiger partial charge in [0.25, 0.3) is 0 Å².